The van der Waals surface area contributed by atoms with Crippen LogP contribution in [-0.4, -0.2) is 23.0 Å². The van der Waals surface area contributed by atoms with Gasteiger partial charge in [0.15, 0.2) is 0 Å². The Hall–Kier alpha value is -5.69. The van der Waals surface area contributed by atoms with E-state index in [1.807, 2.05) is 0 Å². The maximum Gasteiger partial charge on any atom is 0.343 e. The molecule has 0 spiro atoms. The third-order valence-electron chi connectivity index (χ3n) is 7.81. The Bertz CT molecular complexity index is 1710. The third kappa shape index (κ3) is 16.0. The number of hydrogen-bond donors (Lipinski definition) is 1. The van der Waals surface area contributed by atoms with Gasteiger partial charge in [0.05, 0.1) is 16.7 Å². The zero-order chi connectivity index (χ0) is 36.5. The van der Waals surface area contributed by atoms with Gasteiger partial charge < -0.3 is 14.6 Å². The lowest BCUT2D eigenvalue weighted by atomic mass is 10.1. The van der Waals surface area contributed by atoms with Crippen molar-refractivity contribution >= 4 is 17.9 Å². The van der Waals surface area contributed by atoms with Gasteiger partial charge in [-0.1, -0.05) is 102 Å². The van der Waals surface area contributed by atoms with Gasteiger partial charge in [-0.05, 0) is 103 Å². The molecule has 6 heteroatoms. The first-order chi connectivity index (χ1) is 24.9. The quantitative estimate of drug-likeness (QED) is 0.0660. The second-order valence-electron chi connectivity index (χ2n) is 12.1. The van der Waals surface area contributed by atoms with Crippen LogP contribution in [-0.2, 0) is 0 Å². The predicted molar refractivity (Wildman–Crippen MR) is 201 cm³/mol. The van der Waals surface area contributed by atoms with E-state index in [1.165, 1.54) is 70.3 Å². The van der Waals surface area contributed by atoms with Crippen molar-refractivity contribution in [3.8, 4) is 58.9 Å². The number of unbranched alkanes of at least 4 members (excludes halogenated alkanes) is 12. The molecule has 3 rings (SSSR count). The van der Waals surface area contributed by atoms with Crippen LogP contribution in [0.3, 0.4) is 0 Å². The highest BCUT2D eigenvalue weighted by molar-refractivity contribution is 6.01. The first kappa shape index (κ1) is 39.7. The minimum Gasteiger partial charge on any atom is -0.478 e. The number of carboxylic acids is 1. The molecule has 1 N–H and O–H groups in total. The highest BCUT2D eigenvalue weighted by Crippen LogP contribution is 2.19. The average Bonchev–Trinajstić information content (AvgIpc) is 3.14. The van der Waals surface area contributed by atoms with Gasteiger partial charge in [0.2, 0.25) is 0 Å². The fourth-order valence-electron chi connectivity index (χ4n) is 4.94. The molecule has 51 heavy (non-hydrogen) atoms. The Balaban J connectivity index is 1.55. The lowest BCUT2D eigenvalue weighted by Gasteiger charge is -2.09. The van der Waals surface area contributed by atoms with Gasteiger partial charge in [0.25, 0.3) is 0 Å². The van der Waals surface area contributed by atoms with Crippen molar-refractivity contribution in [3.63, 3.8) is 0 Å². The highest BCUT2D eigenvalue weighted by Gasteiger charge is 2.19. The summed E-state index contributed by atoms with van der Waals surface area (Å²) in [7, 11) is 0. The van der Waals surface area contributed by atoms with E-state index in [4.69, 9.17) is 9.47 Å². The molecule has 0 saturated carbocycles. The number of hydrogen-bond acceptors (Lipinski definition) is 5. The normalized spacial score (nSPS) is 9.76. The van der Waals surface area contributed by atoms with Gasteiger partial charge in [-0.2, -0.15) is 0 Å². The minimum atomic E-state index is -1.31. The molecule has 0 bridgehead atoms. The van der Waals surface area contributed by atoms with Crippen LogP contribution in [0.4, 0.5) is 0 Å². The van der Waals surface area contributed by atoms with E-state index in [0.29, 0.717) is 11.1 Å². The van der Waals surface area contributed by atoms with Crippen molar-refractivity contribution in [1.29, 1.82) is 0 Å². The molecule has 0 fully saturated rings. The van der Waals surface area contributed by atoms with Crippen LogP contribution in [0.1, 0.15) is 146 Å². The highest BCUT2D eigenvalue weighted by atomic mass is 16.5. The maximum atomic E-state index is 13.0. The fourth-order valence-corrected chi connectivity index (χ4v) is 4.94. The summed E-state index contributed by atoms with van der Waals surface area (Å²) in [6.07, 6.45) is 16.3. The van der Waals surface area contributed by atoms with Gasteiger partial charge in [-0.3, -0.25) is 0 Å². The Labute approximate surface area is 303 Å². The van der Waals surface area contributed by atoms with Gasteiger partial charge in [-0.25, -0.2) is 14.4 Å². The summed E-state index contributed by atoms with van der Waals surface area (Å²) in [6.45, 7) is 4.41. The number of carbonyl (C=O) groups is 3. The number of carbonyl (C=O) groups excluding carboxylic acids is 2. The van der Waals surface area contributed by atoms with Crippen molar-refractivity contribution in [3.05, 3.63) is 94.5 Å². The summed E-state index contributed by atoms with van der Waals surface area (Å²) in [6, 6.07) is 16.7. The summed E-state index contributed by atoms with van der Waals surface area (Å²) in [5.41, 5.74) is 0.912. The van der Waals surface area contributed by atoms with Crippen LogP contribution >= 0.6 is 0 Å². The lowest BCUT2D eigenvalue weighted by Crippen LogP contribution is -2.15. The van der Waals surface area contributed by atoms with E-state index < -0.39 is 17.9 Å². The van der Waals surface area contributed by atoms with Crippen LogP contribution in [0.25, 0.3) is 0 Å². The summed E-state index contributed by atoms with van der Waals surface area (Å²) >= 11 is 0. The largest absolute Gasteiger partial charge is 0.478 e. The Kier molecular flexibility index (Phi) is 18.4. The second kappa shape index (κ2) is 23.6. The van der Waals surface area contributed by atoms with Crippen LogP contribution in [0.2, 0.25) is 0 Å². The van der Waals surface area contributed by atoms with Crippen LogP contribution in [0.15, 0.2) is 66.7 Å². The van der Waals surface area contributed by atoms with Crippen LogP contribution in [0, 0.1) is 47.4 Å². The Morgan fingerprint density at radius 2 is 0.882 bits per heavy atom. The van der Waals surface area contributed by atoms with E-state index in [0.717, 1.165) is 37.8 Å². The summed E-state index contributed by atoms with van der Waals surface area (Å²) in [4.78, 5) is 37.8. The second-order valence-corrected chi connectivity index (χ2v) is 12.1. The van der Waals surface area contributed by atoms with Gasteiger partial charge in [0, 0.05) is 24.0 Å². The summed E-state index contributed by atoms with van der Waals surface area (Å²) < 4.78 is 10.9. The molecule has 3 aromatic rings. The molecule has 6 nitrogen and oxygen atoms in total. The van der Waals surface area contributed by atoms with Gasteiger partial charge >= 0.3 is 17.9 Å². The van der Waals surface area contributed by atoms with E-state index in [1.54, 1.807) is 48.5 Å². The zero-order valence-corrected chi connectivity index (χ0v) is 29.7. The first-order valence-electron chi connectivity index (χ1n) is 17.9. The minimum absolute atomic E-state index is 0.116. The van der Waals surface area contributed by atoms with Gasteiger partial charge in [0.1, 0.15) is 11.5 Å². The number of benzene rings is 3. The number of ether oxygens (including phenoxy) is 2. The number of carboxylic acid groups (broad SMARTS) is 1. The van der Waals surface area contributed by atoms with E-state index in [9.17, 15) is 19.5 Å². The molecule has 0 radical (unpaired) electrons. The van der Waals surface area contributed by atoms with Crippen molar-refractivity contribution < 1.29 is 29.0 Å². The lowest BCUT2D eigenvalue weighted by molar-refractivity contribution is 0.0696. The van der Waals surface area contributed by atoms with Crippen molar-refractivity contribution in [2.45, 2.75) is 104 Å². The monoisotopic (exact) mass is 682 g/mol. The molecule has 3 aromatic carbocycles. The predicted octanol–water partition coefficient (Wildman–Crippen LogP) is 10.0. The Morgan fingerprint density at radius 1 is 0.510 bits per heavy atom. The molecule has 0 heterocycles. The van der Waals surface area contributed by atoms with Crippen LogP contribution < -0.4 is 9.47 Å². The van der Waals surface area contributed by atoms with Crippen molar-refractivity contribution in [1.82, 2.24) is 0 Å². The topological polar surface area (TPSA) is 89.9 Å². The molecular formula is C45H46O6. The summed E-state index contributed by atoms with van der Waals surface area (Å²) in [5.74, 6) is 21.0. The SMILES string of the molecule is CCCCCCCCC#CC#Cc1ccc(OC(=O)c2cc(C(=O)O)cc(C(=O)Oc3ccc(C#CC#CCCCCCCCC)cc3)c2)cc1. The molecule has 0 atom stereocenters. The third-order valence-corrected chi connectivity index (χ3v) is 7.81. The number of rotatable bonds is 17. The zero-order valence-electron chi connectivity index (χ0n) is 29.7. The number of aromatic carboxylic acids is 1. The van der Waals surface area contributed by atoms with E-state index in [-0.39, 0.29) is 28.2 Å². The molecule has 0 aromatic heterocycles. The van der Waals surface area contributed by atoms with Crippen molar-refractivity contribution in [2.75, 3.05) is 0 Å². The smallest absolute Gasteiger partial charge is 0.343 e. The molecule has 0 aliphatic carbocycles. The van der Waals surface area contributed by atoms with Crippen molar-refractivity contribution in [2.24, 2.45) is 0 Å². The standard InChI is InChI=1S/C45H46O6/c1-3-5-7-9-11-13-15-17-19-21-23-36-25-29-41(30-26-36)50-44(48)39-33-38(43(46)47)34-40(35-39)45(49)51-42-31-27-37(28-32-42)24-22-20-18-16-14-12-10-8-6-4-2/h25-35H,3-16H2,1-2H3,(H,46,47). The molecule has 0 amide bonds. The maximum absolute atomic E-state index is 13.0. The molecular weight excluding hydrogens is 636 g/mol. The average molecular weight is 683 g/mol. The number of esters is 2. The Morgan fingerprint density at radius 3 is 1.27 bits per heavy atom. The van der Waals surface area contributed by atoms with E-state index in [2.05, 4.69) is 61.2 Å². The molecule has 0 aliphatic rings. The molecule has 0 unspecified atom stereocenters. The molecule has 0 saturated heterocycles. The molecule has 262 valence electrons. The summed E-state index contributed by atoms with van der Waals surface area (Å²) in [5, 5.41) is 9.63. The first-order valence-corrected chi connectivity index (χ1v) is 17.9. The fraction of sp³-hybridized carbons (Fsp3) is 0.356. The van der Waals surface area contributed by atoms with Crippen LogP contribution in [0.5, 0.6) is 11.5 Å². The van der Waals surface area contributed by atoms with Gasteiger partial charge in [-0.15, -0.1) is 0 Å². The van der Waals surface area contributed by atoms with E-state index >= 15 is 0 Å². The molecule has 0 aliphatic heterocycles.